The number of likely N-dealkylation sites (tertiary alicyclic amines) is 2. The number of rotatable bonds is 9. The lowest BCUT2D eigenvalue weighted by atomic mass is 9.89. The average molecular weight is 669 g/mol. The summed E-state index contributed by atoms with van der Waals surface area (Å²) < 4.78 is 22.8. The summed E-state index contributed by atoms with van der Waals surface area (Å²) in [5.41, 5.74) is 0.843. The molecular weight excluding hydrogens is 627 g/mol. The zero-order valence-corrected chi connectivity index (χ0v) is 28.0. The van der Waals surface area contributed by atoms with Crippen LogP contribution in [0.4, 0.5) is 10.1 Å². The monoisotopic (exact) mass is 668 g/mol. The zero-order valence-electron chi connectivity index (χ0n) is 26.4. The van der Waals surface area contributed by atoms with Gasteiger partial charge in [0.15, 0.2) is 0 Å². The maximum atomic E-state index is 15.5. The third-order valence-electron chi connectivity index (χ3n) is 9.79. The number of anilines is 1. The van der Waals surface area contributed by atoms with E-state index in [9.17, 15) is 14.4 Å². The maximum absolute atomic E-state index is 15.5. The van der Waals surface area contributed by atoms with Gasteiger partial charge in [0.05, 0.1) is 41.4 Å². The fourth-order valence-corrected chi connectivity index (χ4v) is 8.39. The van der Waals surface area contributed by atoms with E-state index in [1.807, 2.05) is 29.2 Å². The molecule has 11 heteroatoms. The molecule has 3 atom stereocenters. The molecule has 3 aliphatic rings. The number of halogens is 2. The van der Waals surface area contributed by atoms with Crippen LogP contribution in [0.25, 0.3) is 10.1 Å². The molecule has 0 unspecified atom stereocenters. The predicted molar refractivity (Wildman–Crippen MR) is 180 cm³/mol. The number of hydrogen-bond donors (Lipinski definition) is 2. The first-order valence-corrected chi connectivity index (χ1v) is 17.6. The van der Waals surface area contributed by atoms with E-state index in [0.717, 1.165) is 67.6 Å². The molecule has 6 rings (SSSR count). The van der Waals surface area contributed by atoms with Crippen molar-refractivity contribution in [3.05, 3.63) is 63.7 Å². The van der Waals surface area contributed by atoms with Crippen LogP contribution in [0, 0.1) is 11.7 Å². The number of amides is 3. The van der Waals surface area contributed by atoms with Gasteiger partial charge in [0, 0.05) is 54.1 Å². The highest BCUT2D eigenvalue weighted by Gasteiger charge is 2.41. The highest BCUT2D eigenvalue weighted by molar-refractivity contribution is 7.17. The predicted octanol–water partition coefficient (Wildman–Crippen LogP) is 6.26. The largest absolute Gasteiger partial charge is 0.376 e. The van der Waals surface area contributed by atoms with Crippen LogP contribution in [0.5, 0.6) is 0 Å². The van der Waals surface area contributed by atoms with Crippen LogP contribution >= 0.6 is 22.9 Å². The Morgan fingerprint density at radius 1 is 1.09 bits per heavy atom. The molecule has 8 nitrogen and oxygen atoms in total. The molecule has 1 aromatic heterocycles. The van der Waals surface area contributed by atoms with Crippen LogP contribution in [0.1, 0.15) is 68.3 Å². The SMILES string of the molecule is CC(=O)N[C@H]1CCN([C@H]2C[C@@H](CO[C@H]3CC[C@H](C)CC3)N(C(=O)Cc3cc(Cl)c(NC(=O)c4csc5ccccc45)cc3F)C2)C1. The fraction of sp³-hybridized carbons (Fsp3) is 0.514. The van der Waals surface area contributed by atoms with Crippen LogP contribution in [0.3, 0.4) is 0 Å². The average Bonchev–Trinajstić information content (AvgIpc) is 3.77. The summed E-state index contributed by atoms with van der Waals surface area (Å²) in [6.45, 7) is 6.40. The van der Waals surface area contributed by atoms with Gasteiger partial charge < -0.3 is 20.3 Å². The van der Waals surface area contributed by atoms with Crippen molar-refractivity contribution in [3.63, 3.8) is 0 Å². The fourth-order valence-electron chi connectivity index (χ4n) is 7.21. The first-order chi connectivity index (χ1) is 22.1. The summed E-state index contributed by atoms with van der Waals surface area (Å²) in [5, 5.41) is 8.53. The summed E-state index contributed by atoms with van der Waals surface area (Å²) in [5.74, 6) is -0.460. The van der Waals surface area contributed by atoms with E-state index in [1.165, 1.54) is 30.4 Å². The van der Waals surface area contributed by atoms with E-state index in [4.69, 9.17) is 16.3 Å². The first kappa shape index (κ1) is 32.9. The van der Waals surface area contributed by atoms with Crippen molar-refractivity contribution in [1.29, 1.82) is 0 Å². The minimum Gasteiger partial charge on any atom is -0.376 e. The molecule has 1 aliphatic carbocycles. The summed E-state index contributed by atoms with van der Waals surface area (Å²) >= 11 is 8.01. The van der Waals surface area contributed by atoms with Gasteiger partial charge in [-0.25, -0.2) is 4.39 Å². The lowest BCUT2D eigenvalue weighted by molar-refractivity contribution is -0.133. The second-order valence-corrected chi connectivity index (χ2v) is 14.5. The quantitative estimate of drug-likeness (QED) is 0.281. The number of nitrogens with zero attached hydrogens (tertiary/aromatic N) is 2. The molecule has 3 aromatic rings. The lowest BCUT2D eigenvalue weighted by Crippen LogP contribution is -2.42. The van der Waals surface area contributed by atoms with E-state index >= 15 is 4.39 Å². The Morgan fingerprint density at radius 3 is 2.65 bits per heavy atom. The summed E-state index contributed by atoms with van der Waals surface area (Å²) in [6.07, 6.45) is 6.07. The first-order valence-electron chi connectivity index (χ1n) is 16.3. The molecule has 3 fully saturated rings. The van der Waals surface area contributed by atoms with Gasteiger partial charge in [-0.1, -0.05) is 36.7 Å². The van der Waals surface area contributed by atoms with Gasteiger partial charge in [-0.2, -0.15) is 0 Å². The van der Waals surface area contributed by atoms with E-state index < -0.39 is 5.82 Å². The van der Waals surface area contributed by atoms with Gasteiger partial charge in [0.25, 0.3) is 5.91 Å². The molecule has 1 saturated carbocycles. The molecule has 0 radical (unpaired) electrons. The maximum Gasteiger partial charge on any atom is 0.257 e. The van der Waals surface area contributed by atoms with Gasteiger partial charge in [0.2, 0.25) is 11.8 Å². The van der Waals surface area contributed by atoms with E-state index in [0.29, 0.717) is 18.7 Å². The second-order valence-electron chi connectivity index (χ2n) is 13.2. The van der Waals surface area contributed by atoms with Crippen LogP contribution < -0.4 is 10.6 Å². The summed E-state index contributed by atoms with van der Waals surface area (Å²) in [4.78, 5) is 42.7. The highest BCUT2D eigenvalue weighted by Crippen LogP contribution is 2.32. The highest BCUT2D eigenvalue weighted by atomic mass is 35.5. The molecule has 0 bridgehead atoms. The number of fused-ring (bicyclic) bond motifs is 1. The number of carbonyl (C=O) groups is 3. The van der Waals surface area contributed by atoms with Crippen molar-refractivity contribution in [2.45, 2.75) is 83.0 Å². The molecule has 2 saturated heterocycles. The van der Waals surface area contributed by atoms with Gasteiger partial charge in [-0.3, -0.25) is 19.3 Å². The molecule has 0 spiro atoms. The van der Waals surface area contributed by atoms with E-state index in [1.54, 1.807) is 5.38 Å². The Labute approximate surface area is 278 Å². The Bertz CT molecular complexity index is 1590. The second kappa shape index (κ2) is 14.4. The van der Waals surface area contributed by atoms with Crippen molar-refractivity contribution in [3.8, 4) is 0 Å². The third kappa shape index (κ3) is 7.56. The summed E-state index contributed by atoms with van der Waals surface area (Å²) in [7, 11) is 0. The molecular formula is C35H42ClFN4O4S. The number of hydrogen-bond acceptors (Lipinski definition) is 6. The zero-order chi connectivity index (χ0) is 32.4. The van der Waals surface area contributed by atoms with Crippen LogP contribution in [0.15, 0.2) is 41.8 Å². The number of carbonyl (C=O) groups excluding carboxylic acids is 3. The van der Waals surface area contributed by atoms with Crippen LogP contribution in [-0.4, -0.2) is 78.0 Å². The number of thiophene rings is 1. The third-order valence-corrected chi connectivity index (χ3v) is 11.1. The number of nitrogens with one attached hydrogen (secondary N) is 2. The topological polar surface area (TPSA) is 91.0 Å². The minimum absolute atomic E-state index is 0.0330. The van der Waals surface area contributed by atoms with Crippen molar-refractivity contribution in [1.82, 2.24) is 15.1 Å². The van der Waals surface area contributed by atoms with Crippen LogP contribution in [-0.2, 0) is 20.7 Å². The van der Waals surface area contributed by atoms with E-state index in [2.05, 4.69) is 22.5 Å². The number of benzene rings is 2. The lowest BCUT2D eigenvalue weighted by Gasteiger charge is -2.30. The molecule has 46 heavy (non-hydrogen) atoms. The van der Waals surface area contributed by atoms with E-state index in [-0.39, 0.29) is 64.6 Å². The van der Waals surface area contributed by atoms with Crippen molar-refractivity contribution >= 4 is 56.4 Å². The van der Waals surface area contributed by atoms with Crippen molar-refractivity contribution < 1.29 is 23.5 Å². The summed E-state index contributed by atoms with van der Waals surface area (Å²) in [6, 6.07) is 10.4. The van der Waals surface area contributed by atoms with Crippen molar-refractivity contribution in [2.24, 2.45) is 5.92 Å². The van der Waals surface area contributed by atoms with Crippen LogP contribution in [0.2, 0.25) is 5.02 Å². The Hall–Kier alpha value is -3.05. The smallest absolute Gasteiger partial charge is 0.257 e. The normalized spacial score (nSPS) is 25.2. The molecule has 3 amide bonds. The molecule has 2 aliphatic heterocycles. The Kier molecular flexibility index (Phi) is 10.3. The molecule has 2 aromatic carbocycles. The molecule has 2 N–H and O–H groups in total. The minimum atomic E-state index is -0.596. The van der Waals surface area contributed by atoms with Gasteiger partial charge in [-0.05, 0) is 68.2 Å². The van der Waals surface area contributed by atoms with Crippen molar-refractivity contribution in [2.75, 3.05) is 31.6 Å². The molecule has 3 heterocycles. The molecule has 246 valence electrons. The number of ether oxygens (including phenoxy) is 1. The van der Waals surface area contributed by atoms with Gasteiger partial charge in [0.1, 0.15) is 5.82 Å². The van der Waals surface area contributed by atoms with Gasteiger partial charge >= 0.3 is 0 Å². The Balaban J connectivity index is 1.13. The standard InChI is InChI=1S/C35H42ClFN4O4S/c1-21-7-9-27(10-8-21)45-19-26-15-25(40-12-11-24(17-40)38-22(2)42)18-41(26)34(43)14-23-13-30(36)32(16-31(23)37)39-35(44)29-20-46-33-6-4-3-5-28(29)33/h3-6,13,16,20-21,24-27H,7-12,14-15,17-19H2,1-2H3,(H,38,42)(H,39,44)/t21-,24-,25-,26-,27-/m0/s1. The van der Waals surface area contributed by atoms with Gasteiger partial charge in [-0.15, -0.1) is 11.3 Å². The Morgan fingerprint density at radius 2 is 1.87 bits per heavy atom.